The third-order valence-electron chi connectivity index (χ3n) is 2.73. The Morgan fingerprint density at radius 2 is 2.21 bits per heavy atom. The first kappa shape index (κ1) is 15.8. The van der Waals surface area contributed by atoms with Gasteiger partial charge in [0.2, 0.25) is 0 Å². The normalized spacial score (nSPS) is 20.3. The van der Waals surface area contributed by atoms with Crippen molar-refractivity contribution in [1.82, 2.24) is 10.2 Å². The molecule has 0 radical (unpaired) electrons. The van der Waals surface area contributed by atoms with Gasteiger partial charge in [-0.3, -0.25) is 4.90 Å². The summed E-state index contributed by atoms with van der Waals surface area (Å²) >= 11 is 0. The summed E-state index contributed by atoms with van der Waals surface area (Å²) in [6.07, 6.45) is 1.63. The van der Waals surface area contributed by atoms with Gasteiger partial charge in [-0.2, -0.15) is 0 Å². The molecule has 5 heteroatoms. The molecule has 1 amide bonds. The molecule has 1 fully saturated rings. The highest BCUT2D eigenvalue weighted by Gasteiger charge is 2.23. The Kier molecular flexibility index (Phi) is 6.13. The number of hydrogen-bond donors (Lipinski definition) is 2. The second kappa shape index (κ2) is 7.37. The van der Waals surface area contributed by atoms with Crippen LogP contribution in [0.2, 0.25) is 0 Å². The highest BCUT2D eigenvalue weighted by Crippen LogP contribution is 2.11. The minimum absolute atomic E-state index is 0.104. The van der Waals surface area contributed by atoms with Crippen LogP contribution in [0.3, 0.4) is 0 Å². The molecule has 0 bridgehead atoms. The van der Waals surface area contributed by atoms with E-state index in [4.69, 9.17) is 9.84 Å². The Balaban J connectivity index is 2.36. The summed E-state index contributed by atoms with van der Waals surface area (Å²) in [4.78, 5) is 13.9. The van der Waals surface area contributed by atoms with Gasteiger partial charge in [0.15, 0.2) is 0 Å². The van der Waals surface area contributed by atoms with E-state index in [0.717, 1.165) is 25.9 Å². The van der Waals surface area contributed by atoms with Gasteiger partial charge in [0.1, 0.15) is 12.2 Å². The summed E-state index contributed by atoms with van der Waals surface area (Å²) in [5.41, 5.74) is -0.467. The topological polar surface area (TPSA) is 61.8 Å². The van der Waals surface area contributed by atoms with Crippen molar-refractivity contribution in [3.05, 3.63) is 0 Å². The maximum Gasteiger partial charge on any atom is 0.407 e. The average molecular weight is 268 g/mol. The third-order valence-corrected chi connectivity index (χ3v) is 2.73. The summed E-state index contributed by atoms with van der Waals surface area (Å²) < 4.78 is 5.24. The quantitative estimate of drug-likeness (QED) is 0.733. The standard InChI is InChI=1S/C14H24N2O3/c1-14(2,3)19-13(18)15-12-7-6-9-16(11-12)8-4-5-10-17/h12,17H,6-11H2,1-3H3,(H,15,18)/t12-/m1/s1. The van der Waals surface area contributed by atoms with Crippen LogP contribution in [0.25, 0.3) is 0 Å². The van der Waals surface area contributed by atoms with Gasteiger partial charge in [0.05, 0.1) is 6.54 Å². The lowest BCUT2D eigenvalue weighted by atomic mass is 10.1. The van der Waals surface area contributed by atoms with Crippen LogP contribution in [-0.2, 0) is 4.74 Å². The van der Waals surface area contributed by atoms with Gasteiger partial charge in [-0.05, 0) is 40.2 Å². The molecule has 1 heterocycles. The van der Waals surface area contributed by atoms with E-state index in [1.165, 1.54) is 0 Å². The number of ether oxygens (including phenoxy) is 1. The number of rotatable bonds is 2. The number of nitrogens with zero attached hydrogens (tertiary/aromatic N) is 1. The molecule has 5 nitrogen and oxygen atoms in total. The Morgan fingerprint density at radius 1 is 1.47 bits per heavy atom. The second-order valence-electron chi connectivity index (χ2n) is 5.73. The Bertz CT molecular complexity index is 352. The number of aliphatic hydroxyl groups is 1. The number of carbonyl (C=O) groups is 1. The third kappa shape index (κ3) is 7.04. The Labute approximate surface area is 115 Å². The molecule has 0 aromatic rings. The van der Waals surface area contributed by atoms with Crippen molar-refractivity contribution in [2.24, 2.45) is 0 Å². The van der Waals surface area contributed by atoms with Crippen LogP contribution in [0.1, 0.15) is 33.6 Å². The largest absolute Gasteiger partial charge is 0.444 e. The van der Waals surface area contributed by atoms with Crippen LogP contribution >= 0.6 is 0 Å². The molecule has 1 rings (SSSR count). The van der Waals surface area contributed by atoms with E-state index in [1.54, 1.807) is 0 Å². The van der Waals surface area contributed by atoms with Crippen molar-refractivity contribution in [2.45, 2.75) is 45.3 Å². The summed E-state index contributed by atoms with van der Waals surface area (Å²) in [5, 5.41) is 11.5. The number of amides is 1. The average Bonchev–Trinajstić information content (AvgIpc) is 2.27. The molecule has 108 valence electrons. The molecular formula is C14H24N2O3. The zero-order chi connectivity index (χ0) is 14.3. The molecule has 0 unspecified atom stereocenters. The zero-order valence-electron chi connectivity index (χ0n) is 12.0. The highest BCUT2D eigenvalue weighted by atomic mass is 16.6. The number of piperidine rings is 1. The van der Waals surface area contributed by atoms with Crippen LogP contribution in [0.4, 0.5) is 4.79 Å². The summed E-state index contributed by atoms with van der Waals surface area (Å²) in [5.74, 6) is 5.53. The van der Waals surface area contributed by atoms with Crippen molar-refractivity contribution in [3.8, 4) is 11.8 Å². The van der Waals surface area contributed by atoms with Gasteiger partial charge in [-0.1, -0.05) is 11.8 Å². The first-order chi connectivity index (χ1) is 8.90. The van der Waals surface area contributed by atoms with E-state index in [1.807, 2.05) is 20.8 Å². The minimum atomic E-state index is -0.467. The van der Waals surface area contributed by atoms with E-state index in [-0.39, 0.29) is 18.7 Å². The lowest BCUT2D eigenvalue weighted by molar-refractivity contribution is 0.0476. The van der Waals surface area contributed by atoms with E-state index in [0.29, 0.717) is 6.54 Å². The number of carbonyl (C=O) groups excluding carboxylic acids is 1. The van der Waals surface area contributed by atoms with E-state index < -0.39 is 5.60 Å². The van der Waals surface area contributed by atoms with Crippen molar-refractivity contribution >= 4 is 6.09 Å². The number of nitrogens with one attached hydrogen (secondary N) is 1. The van der Waals surface area contributed by atoms with E-state index in [9.17, 15) is 4.79 Å². The number of aliphatic hydroxyl groups excluding tert-OH is 1. The number of likely N-dealkylation sites (tertiary alicyclic amines) is 1. The van der Waals surface area contributed by atoms with Crippen LogP contribution in [0.5, 0.6) is 0 Å². The highest BCUT2D eigenvalue weighted by molar-refractivity contribution is 5.68. The van der Waals surface area contributed by atoms with Gasteiger partial charge < -0.3 is 15.2 Å². The fraction of sp³-hybridized carbons (Fsp3) is 0.786. The van der Waals surface area contributed by atoms with Gasteiger partial charge in [-0.25, -0.2) is 4.79 Å². The minimum Gasteiger partial charge on any atom is -0.444 e. The summed E-state index contributed by atoms with van der Waals surface area (Å²) in [6, 6.07) is 0.111. The molecule has 1 aliphatic rings. The fourth-order valence-electron chi connectivity index (χ4n) is 2.01. The van der Waals surface area contributed by atoms with Crippen molar-refractivity contribution < 1.29 is 14.6 Å². The Morgan fingerprint density at radius 3 is 2.84 bits per heavy atom. The Hall–Kier alpha value is -1.25. The molecule has 0 aromatic carbocycles. The SMILES string of the molecule is CC(C)(C)OC(=O)N[C@@H]1CCCN(CC#CCO)C1. The lowest BCUT2D eigenvalue weighted by Crippen LogP contribution is -2.48. The smallest absolute Gasteiger partial charge is 0.407 e. The fourth-order valence-corrected chi connectivity index (χ4v) is 2.01. The molecular weight excluding hydrogens is 244 g/mol. The first-order valence-corrected chi connectivity index (χ1v) is 6.69. The molecule has 0 saturated carbocycles. The maximum absolute atomic E-state index is 11.7. The van der Waals surface area contributed by atoms with Crippen LogP contribution in [0.15, 0.2) is 0 Å². The summed E-state index contributed by atoms with van der Waals surface area (Å²) in [7, 11) is 0. The molecule has 0 spiro atoms. The number of alkyl carbamates (subject to hydrolysis) is 1. The second-order valence-corrected chi connectivity index (χ2v) is 5.73. The number of hydrogen-bond acceptors (Lipinski definition) is 4. The van der Waals surface area contributed by atoms with Crippen LogP contribution in [0, 0.1) is 11.8 Å². The van der Waals surface area contributed by atoms with Crippen molar-refractivity contribution in [3.63, 3.8) is 0 Å². The molecule has 1 atom stereocenters. The lowest BCUT2D eigenvalue weighted by Gasteiger charge is -2.32. The predicted octanol–water partition coefficient (Wildman–Crippen LogP) is 0.971. The predicted molar refractivity (Wildman–Crippen MR) is 73.7 cm³/mol. The van der Waals surface area contributed by atoms with Crippen LogP contribution < -0.4 is 5.32 Å². The van der Waals surface area contributed by atoms with Crippen molar-refractivity contribution in [1.29, 1.82) is 0 Å². The monoisotopic (exact) mass is 268 g/mol. The molecule has 1 saturated heterocycles. The van der Waals surface area contributed by atoms with E-state index in [2.05, 4.69) is 22.1 Å². The maximum atomic E-state index is 11.7. The van der Waals surface area contributed by atoms with Crippen LogP contribution in [-0.4, -0.2) is 54.0 Å². The molecule has 19 heavy (non-hydrogen) atoms. The van der Waals surface area contributed by atoms with Gasteiger partial charge in [0.25, 0.3) is 0 Å². The van der Waals surface area contributed by atoms with Gasteiger partial charge in [-0.15, -0.1) is 0 Å². The zero-order valence-corrected chi connectivity index (χ0v) is 12.0. The van der Waals surface area contributed by atoms with Gasteiger partial charge >= 0.3 is 6.09 Å². The summed E-state index contributed by atoms with van der Waals surface area (Å²) in [6.45, 7) is 7.84. The first-order valence-electron chi connectivity index (χ1n) is 6.69. The molecule has 0 aliphatic carbocycles. The van der Waals surface area contributed by atoms with Crippen molar-refractivity contribution in [2.75, 3.05) is 26.2 Å². The molecule has 2 N–H and O–H groups in total. The molecule has 0 aromatic heterocycles. The van der Waals surface area contributed by atoms with E-state index >= 15 is 0 Å². The molecule has 1 aliphatic heterocycles. The van der Waals surface area contributed by atoms with Gasteiger partial charge in [0, 0.05) is 12.6 Å².